The number of benzene rings is 1. The molecule has 5 nitrogen and oxygen atoms in total. The van der Waals surface area contributed by atoms with Gasteiger partial charge in [-0.3, -0.25) is 9.59 Å². The van der Waals surface area contributed by atoms with Crippen LogP contribution in [0, 0.1) is 11.9 Å². The summed E-state index contributed by atoms with van der Waals surface area (Å²) in [6.07, 6.45) is 1.25. The summed E-state index contributed by atoms with van der Waals surface area (Å²) in [5.74, 6) is -1.60. The lowest BCUT2D eigenvalue weighted by atomic mass is 10.1. The Labute approximate surface area is 126 Å². The van der Waals surface area contributed by atoms with Gasteiger partial charge in [0.2, 0.25) is 11.9 Å². The molecule has 3 rings (SSSR count). The zero-order chi connectivity index (χ0) is 15.7. The molecule has 22 heavy (non-hydrogen) atoms. The molecule has 1 aliphatic heterocycles. The Morgan fingerprint density at radius 3 is 2.91 bits per heavy atom. The van der Waals surface area contributed by atoms with Gasteiger partial charge in [0.15, 0.2) is 0 Å². The van der Waals surface area contributed by atoms with E-state index in [0.717, 1.165) is 6.07 Å². The fourth-order valence-corrected chi connectivity index (χ4v) is 2.41. The van der Waals surface area contributed by atoms with Gasteiger partial charge in [-0.2, -0.15) is 4.39 Å². The van der Waals surface area contributed by atoms with Crippen molar-refractivity contribution >= 4 is 23.2 Å². The minimum absolute atomic E-state index is 0.149. The Bertz CT molecular complexity index is 748. The zero-order valence-corrected chi connectivity index (χ0v) is 11.9. The third-order valence-corrected chi connectivity index (χ3v) is 3.58. The summed E-state index contributed by atoms with van der Waals surface area (Å²) in [5.41, 5.74) is 1.37. The first-order valence-corrected chi connectivity index (χ1v) is 6.89. The summed E-state index contributed by atoms with van der Waals surface area (Å²) in [7, 11) is 0. The Morgan fingerprint density at radius 2 is 2.14 bits per heavy atom. The molecule has 2 aromatic rings. The highest BCUT2D eigenvalue weighted by molar-refractivity contribution is 6.10. The van der Waals surface area contributed by atoms with Crippen LogP contribution in [0.25, 0.3) is 0 Å². The molecule has 0 fully saturated rings. The van der Waals surface area contributed by atoms with Gasteiger partial charge in [-0.15, -0.1) is 0 Å². The second-order valence-corrected chi connectivity index (χ2v) is 5.19. The molecule has 0 saturated heterocycles. The lowest BCUT2D eigenvalue weighted by Crippen LogP contribution is -2.36. The molecule has 2 heterocycles. The molecule has 1 aliphatic rings. The normalized spacial score (nSPS) is 17.5. The van der Waals surface area contributed by atoms with E-state index in [1.807, 2.05) is 0 Å². The lowest BCUT2D eigenvalue weighted by molar-refractivity contribution is -0.119. The molecule has 1 atom stereocenters. The number of hydrogen-bond donors (Lipinski definition) is 1. The average molecular weight is 299 g/mol. The highest BCUT2D eigenvalue weighted by Gasteiger charge is 2.29. The molecule has 0 spiro atoms. The van der Waals surface area contributed by atoms with E-state index in [9.17, 15) is 14.0 Å². The molecule has 1 aromatic carbocycles. The number of hydrogen-bond acceptors (Lipinski definition) is 3. The number of para-hydroxylation sites is 2. The molecule has 112 valence electrons. The molecule has 0 bridgehead atoms. The smallest absolute Gasteiger partial charge is 0.258 e. The maximum Gasteiger partial charge on any atom is 0.258 e. The van der Waals surface area contributed by atoms with E-state index in [2.05, 4.69) is 10.3 Å². The van der Waals surface area contributed by atoms with Crippen LogP contribution < -0.4 is 10.2 Å². The van der Waals surface area contributed by atoms with Crippen molar-refractivity contribution in [2.45, 2.75) is 6.92 Å². The van der Waals surface area contributed by atoms with E-state index < -0.39 is 5.95 Å². The topological polar surface area (TPSA) is 62.3 Å². The van der Waals surface area contributed by atoms with Crippen molar-refractivity contribution in [3.05, 3.63) is 54.1 Å². The lowest BCUT2D eigenvalue weighted by Gasteiger charge is -2.23. The SMILES string of the molecule is CC1CN(C(=O)c2ccnc(F)c2)c2ccccc2NC1=O. The minimum Gasteiger partial charge on any atom is -0.324 e. The number of amides is 2. The van der Waals surface area contributed by atoms with Gasteiger partial charge in [0, 0.05) is 24.4 Å². The Morgan fingerprint density at radius 1 is 1.36 bits per heavy atom. The van der Waals surface area contributed by atoms with Gasteiger partial charge < -0.3 is 10.2 Å². The molecule has 0 saturated carbocycles. The highest BCUT2D eigenvalue weighted by Crippen LogP contribution is 2.30. The summed E-state index contributed by atoms with van der Waals surface area (Å²) < 4.78 is 13.3. The molecule has 6 heteroatoms. The summed E-state index contributed by atoms with van der Waals surface area (Å²) >= 11 is 0. The van der Waals surface area contributed by atoms with Gasteiger partial charge in [-0.05, 0) is 18.2 Å². The minimum atomic E-state index is -0.712. The van der Waals surface area contributed by atoms with E-state index >= 15 is 0 Å². The predicted octanol–water partition coefficient (Wildman–Crippen LogP) is 2.46. The summed E-state index contributed by atoms with van der Waals surface area (Å²) in [6, 6.07) is 9.61. The van der Waals surface area contributed by atoms with Crippen LogP contribution in [0.2, 0.25) is 0 Å². The van der Waals surface area contributed by atoms with E-state index in [-0.39, 0.29) is 29.8 Å². The van der Waals surface area contributed by atoms with Gasteiger partial charge in [0.25, 0.3) is 5.91 Å². The van der Waals surface area contributed by atoms with E-state index in [1.165, 1.54) is 17.2 Å². The quantitative estimate of drug-likeness (QED) is 0.823. The van der Waals surface area contributed by atoms with E-state index in [4.69, 9.17) is 0 Å². The first-order chi connectivity index (χ1) is 10.6. The molecule has 2 amide bonds. The molecular formula is C16H14FN3O2. The number of pyridine rings is 1. The summed E-state index contributed by atoms with van der Waals surface area (Å²) in [5, 5.41) is 2.80. The van der Waals surface area contributed by atoms with Gasteiger partial charge >= 0.3 is 0 Å². The Balaban J connectivity index is 2.05. The van der Waals surface area contributed by atoms with Crippen LogP contribution in [-0.2, 0) is 4.79 Å². The number of carbonyl (C=O) groups is 2. The zero-order valence-electron chi connectivity index (χ0n) is 11.9. The summed E-state index contributed by atoms with van der Waals surface area (Å²) in [4.78, 5) is 29.7. The predicted molar refractivity (Wildman–Crippen MR) is 80.1 cm³/mol. The monoisotopic (exact) mass is 299 g/mol. The number of aromatic nitrogens is 1. The average Bonchev–Trinajstić information content (AvgIpc) is 2.64. The van der Waals surface area contributed by atoms with Crippen molar-refractivity contribution in [1.82, 2.24) is 4.98 Å². The molecular weight excluding hydrogens is 285 g/mol. The van der Waals surface area contributed by atoms with Crippen LogP contribution >= 0.6 is 0 Å². The fraction of sp³-hybridized carbons (Fsp3) is 0.188. The maximum atomic E-state index is 13.3. The van der Waals surface area contributed by atoms with Gasteiger partial charge in [-0.1, -0.05) is 19.1 Å². The van der Waals surface area contributed by atoms with Crippen molar-refractivity contribution in [2.75, 3.05) is 16.8 Å². The van der Waals surface area contributed by atoms with Crippen LogP contribution in [0.15, 0.2) is 42.6 Å². The number of nitrogens with one attached hydrogen (secondary N) is 1. The van der Waals surface area contributed by atoms with Crippen molar-refractivity contribution in [3.8, 4) is 0 Å². The molecule has 1 aromatic heterocycles. The fourth-order valence-electron chi connectivity index (χ4n) is 2.41. The number of fused-ring (bicyclic) bond motifs is 1. The van der Waals surface area contributed by atoms with Crippen LogP contribution in [0.4, 0.5) is 15.8 Å². The molecule has 0 aliphatic carbocycles. The van der Waals surface area contributed by atoms with Gasteiger partial charge in [-0.25, -0.2) is 4.98 Å². The van der Waals surface area contributed by atoms with Crippen molar-refractivity contribution in [2.24, 2.45) is 5.92 Å². The van der Waals surface area contributed by atoms with E-state index in [0.29, 0.717) is 11.4 Å². The Hall–Kier alpha value is -2.76. The van der Waals surface area contributed by atoms with Crippen molar-refractivity contribution in [1.29, 1.82) is 0 Å². The van der Waals surface area contributed by atoms with E-state index in [1.54, 1.807) is 31.2 Å². The molecule has 1 unspecified atom stereocenters. The second kappa shape index (κ2) is 5.55. The second-order valence-electron chi connectivity index (χ2n) is 5.19. The highest BCUT2D eigenvalue weighted by atomic mass is 19.1. The van der Waals surface area contributed by atoms with Crippen LogP contribution in [0.1, 0.15) is 17.3 Å². The number of nitrogens with zero attached hydrogens (tertiary/aromatic N) is 2. The molecule has 1 N–H and O–H groups in total. The van der Waals surface area contributed by atoms with Crippen LogP contribution in [0.3, 0.4) is 0 Å². The largest absolute Gasteiger partial charge is 0.324 e. The van der Waals surface area contributed by atoms with Gasteiger partial charge in [0.05, 0.1) is 17.3 Å². The van der Waals surface area contributed by atoms with Crippen molar-refractivity contribution in [3.63, 3.8) is 0 Å². The van der Waals surface area contributed by atoms with Crippen LogP contribution in [0.5, 0.6) is 0 Å². The third kappa shape index (κ3) is 2.55. The maximum absolute atomic E-state index is 13.3. The number of halogens is 1. The Kier molecular flexibility index (Phi) is 3.58. The molecule has 0 radical (unpaired) electrons. The first-order valence-electron chi connectivity index (χ1n) is 6.89. The third-order valence-electron chi connectivity index (χ3n) is 3.58. The number of anilines is 2. The van der Waals surface area contributed by atoms with Crippen molar-refractivity contribution < 1.29 is 14.0 Å². The number of rotatable bonds is 1. The van der Waals surface area contributed by atoms with Crippen LogP contribution in [-0.4, -0.2) is 23.3 Å². The summed E-state index contributed by atoms with van der Waals surface area (Å²) in [6.45, 7) is 1.97. The first kappa shape index (κ1) is 14.2. The standard InChI is InChI=1S/C16H14FN3O2/c1-10-9-20(16(22)11-6-7-18-14(17)8-11)13-5-3-2-4-12(13)19-15(10)21/h2-8,10H,9H2,1H3,(H,19,21). The van der Waals surface area contributed by atoms with Gasteiger partial charge in [0.1, 0.15) is 0 Å². The number of carbonyl (C=O) groups excluding carboxylic acids is 2.